The van der Waals surface area contributed by atoms with Crippen molar-refractivity contribution in [2.75, 3.05) is 21.3 Å². The minimum Gasteiger partial charge on any atom is -0.493 e. The maximum absolute atomic E-state index is 12.8. The number of non-ortho nitro benzene ring substituents is 1. The van der Waals surface area contributed by atoms with Gasteiger partial charge in [-0.25, -0.2) is 15.2 Å². The topological polar surface area (TPSA) is 178 Å². The minimum atomic E-state index is -1.54. The highest BCUT2D eigenvalue weighted by Gasteiger charge is 2.24. The summed E-state index contributed by atoms with van der Waals surface area (Å²) in [6.45, 7) is 0. The zero-order valence-corrected chi connectivity index (χ0v) is 17.7. The zero-order valence-electron chi connectivity index (χ0n) is 17.7. The molecule has 0 aliphatic carbocycles. The number of aliphatic hydroxyl groups excluding tert-OH is 1. The van der Waals surface area contributed by atoms with Crippen LogP contribution in [-0.2, 0) is 4.74 Å². The number of rotatable bonds is 7. The van der Waals surface area contributed by atoms with Crippen molar-refractivity contribution in [3.05, 3.63) is 68.1 Å². The number of fused-ring (bicyclic) bond motifs is 1. The molecule has 1 amide bonds. The zero-order chi connectivity index (χ0) is 24.1. The van der Waals surface area contributed by atoms with Gasteiger partial charge >= 0.3 is 6.09 Å². The van der Waals surface area contributed by atoms with Gasteiger partial charge in [-0.15, -0.1) is 0 Å². The van der Waals surface area contributed by atoms with E-state index < -0.39 is 22.7 Å². The Hall–Kier alpha value is -4.52. The van der Waals surface area contributed by atoms with Gasteiger partial charge in [0.15, 0.2) is 17.2 Å². The molecule has 0 aliphatic heterocycles. The van der Waals surface area contributed by atoms with Crippen molar-refractivity contribution in [3.8, 4) is 11.5 Å². The summed E-state index contributed by atoms with van der Waals surface area (Å²) in [6, 6.07) is 8.22. The van der Waals surface area contributed by atoms with Crippen molar-refractivity contribution in [2.45, 2.75) is 6.10 Å². The lowest BCUT2D eigenvalue weighted by Gasteiger charge is -2.16. The van der Waals surface area contributed by atoms with Crippen LogP contribution in [0, 0.1) is 10.1 Å². The molecule has 0 fully saturated rings. The molecule has 0 aliphatic rings. The first-order chi connectivity index (χ1) is 15.8. The van der Waals surface area contributed by atoms with Crippen LogP contribution in [0.4, 0.5) is 10.5 Å². The SMILES string of the molecule is COC(=O)N/N=C(\c1nc2ccc([N+](=O)[O-])cc2[nH]c1=O)C(O)c1ccc(OC)c(OC)c1. The summed E-state index contributed by atoms with van der Waals surface area (Å²) in [4.78, 5) is 41.4. The van der Waals surface area contributed by atoms with E-state index in [4.69, 9.17) is 9.47 Å². The summed E-state index contributed by atoms with van der Waals surface area (Å²) in [5, 5.41) is 25.8. The Bertz CT molecular complexity index is 1300. The summed E-state index contributed by atoms with van der Waals surface area (Å²) in [7, 11) is 3.98. The number of methoxy groups -OCH3 is 3. The van der Waals surface area contributed by atoms with E-state index in [-0.39, 0.29) is 33.7 Å². The van der Waals surface area contributed by atoms with Gasteiger partial charge in [0.25, 0.3) is 11.2 Å². The average Bonchev–Trinajstić information content (AvgIpc) is 2.82. The number of benzene rings is 2. The number of nitro groups is 1. The van der Waals surface area contributed by atoms with Gasteiger partial charge in [-0.1, -0.05) is 6.07 Å². The van der Waals surface area contributed by atoms with Crippen LogP contribution in [0.5, 0.6) is 11.5 Å². The second kappa shape index (κ2) is 9.74. The second-order valence-electron chi connectivity index (χ2n) is 6.49. The third kappa shape index (κ3) is 4.88. The molecule has 0 saturated carbocycles. The number of H-pyrrole nitrogens is 1. The fourth-order valence-electron chi connectivity index (χ4n) is 2.94. The number of nitrogens with zero attached hydrogens (tertiary/aromatic N) is 3. The molecule has 1 atom stereocenters. The third-order valence-electron chi connectivity index (χ3n) is 4.56. The number of ether oxygens (including phenoxy) is 3. The van der Waals surface area contributed by atoms with Gasteiger partial charge in [0.1, 0.15) is 11.8 Å². The molecule has 13 nitrogen and oxygen atoms in total. The standard InChI is InChI=1S/C20H19N5O8/c1-31-14-7-4-10(8-15(14)32-2)18(26)16(23-24-20(28)33-3)17-19(27)22-13-9-11(25(29)30)5-6-12(13)21-17/h4-9,18,26H,1-3H3,(H,22,27)(H,24,28)/b23-16+. The molecular weight excluding hydrogens is 438 g/mol. The number of aromatic amines is 1. The largest absolute Gasteiger partial charge is 0.493 e. The molecule has 13 heteroatoms. The number of hydrogen-bond donors (Lipinski definition) is 3. The van der Waals surface area contributed by atoms with Gasteiger partial charge in [-0.2, -0.15) is 5.10 Å². The summed E-state index contributed by atoms with van der Waals surface area (Å²) in [5.41, 5.74) is 0.949. The first-order valence-corrected chi connectivity index (χ1v) is 9.29. The lowest BCUT2D eigenvalue weighted by atomic mass is 10.0. The number of nitrogens with one attached hydrogen (secondary N) is 2. The highest BCUT2D eigenvalue weighted by molar-refractivity contribution is 6.03. The second-order valence-corrected chi connectivity index (χ2v) is 6.49. The Labute approximate surface area is 185 Å². The van der Waals surface area contributed by atoms with Crippen molar-refractivity contribution in [1.29, 1.82) is 0 Å². The van der Waals surface area contributed by atoms with E-state index in [0.717, 1.165) is 13.2 Å². The number of hydrogen-bond acceptors (Lipinski definition) is 10. The lowest BCUT2D eigenvalue weighted by molar-refractivity contribution is -0.384. The van der Waals surface area contributed by atoms with Crippen molar-refractivity contribution >= 4 is 28.5 Å². The molecule has 33 heavy (non-hydrogen) atoms. The monoisotopic (exact) mass is 457 g/mol. The van der Waals surface area contributed by atoms with Crippen LogP contribution in [-0.4, -0.2) is 53.1 Å². The Balaban J connectivity index is 2.15. The fraction of sp³-hybridized carbons (Fsp3) is 0.200. The van der Waals surface area contributed by atoms with Gasteiger partial charge in [0.05, 0.1) is 37.3 Å². The highest BCUT2D eigenvalue weighted by atomic mass is 16.6. The van der Waals surface area contributed by atoms with E-state index in [0.29, 0.717) is 11.5 Å². The Kier molecular flexibility index (Phi) is 6.83. The van der Waals surface area contributed by atoms with E-state index in [2.05, 4.69) is 25.2 Å². The van der Waals surface area contributed by atoms with Crippen molar-refractivity contribution in [1.82, 2.24) is 15.4 Å². The number of aliphatic hydroxyl groups is 1. The normalized spacial score (nSPS) is 12.2. The van der Waals surface area contributed by atoms with E-state index in [9.17, 15) is 24.8 Å². The van der Waals surface area contributed by atoms with Gasteiger partial charge < -0.3 is 24.3 Å². The predicted molar refractivity (Wildman–Crippen MR) is 116 cm³/mol. The molecule has 0 radical (unpaired) electrons. The predicted octanol–water partition coefficient (Wildman–Crippen LogP) is 1.64. The number of carbonyl (C=O) groups is 1. The van der Waals surface area contributed by atoms with E-state index in [1.54, 1.807) is 6.07 Å². The molecule has 3 rings (SSSR count). The Morgan fingerprint density at radius 2 is 1.91 bits per heavy atom. The van der Waals surface area contributed by atoms with Gasteiger partial charge in [0, 0.05) is 12.1 Å². The van der Waals surface area contributed by atoms with Crippen LogP contribution < -0.4 is 20.5 Å². The van der Waals surface area contributed by atoms with Gasteiger partial charge in [0.2, 0.25) is 0 Å². The average molecular weight is 457 g/mol. The quantitative estimate of drug-likeness (QED) is 0.270. The van der Waals surface area contributed by atoms with Crippen LogP contribution in [0.3, 0.4) is 0 Å². The Morgan fingerprint density at radius 3 is 2.55 bits per heavy atom. The number of carbonyl (C=O) groups excluding carboxylic acids is 1. The molecule has 3 N–H and O–H groups in total. The molecule has 1 unspecified atom stereocenters. The van der Waals surface area contributed by atoms with Crippen LogP contribution >= 0.6 is 0 Å². The first-order valence-electron chi connectivity index (χ1n) is 9.29. The smallest absolute Gasteiger partial charge is 0.427 e. The summed E-state index contributed by atoms with van der Waals surface area (Å²) < 4.78 is 14.9. The van der Waals surface area contributed by atoms with Gasteiger partial charge in [-0.3, -0.25) is 14.9 Å². The van der Waals surface area contributed by atoms with Crippen LogP contribution in [0.2, 0.25) is 0 Å². The van der Waals surface area contributed by atoms with E-state index >= 15 is 0 Å². The number of hydrazone groups is 1. The molecule has 1 heterocycles. The molecule has 0 saturated heterocycles. The molecular formula is C20H19N5O8. The van der Waals surface area contributed by atoms with Crippen LogP contribution in [0.15, 0.2) is 46.3 Å². The van der Waals surface area contributed by atoms with E-state index in [1.807, 2.05) is 0 Å². The summed E-state index contributed by atoms with van der Waals surface area (Å²) >= 11 is 0. The number of amides is 1. The van der Waals surface area contributed by atoms with Gasteiger partial charge in [-0.05, 0) is 23.8 Å². The molecule has 1 aromatic heterocycles. The molecule has 3 aromatic rings. The maximum atomic E-state index is 12.8. The van der Waals surface area contributed by atoms with Crippen molar-refractivity contribution in [2.24, 2.45) is 5.10 Å². The first kappa shape index (κ1) is 23.1. The molecule has 2 aromatic carbocycles. The van der Waals surface area contributed by atoms with Crippen LogP contribution in [0.25, 0.3) is 11.0 Å². The van der Waals surface area contributed by atoms with Crippen LogP contribution in [0.1, 0.15) is 17.4 Å². The fourth-order valence-corrected chi connectivity index (χ4v) is 2.94. The van der Waals surface area contributed by atoms with E-state index in [1.165, 1.54) is 38.5 Å². The summed E-state index contributed by atoms with van der Waals surface area (Å²) in [5.74, 6) is 0.713. The molecule has 0 spiro atoms. The molecule has 0 bridgehead atoms. The number of aromatic nitrogens is 2. The highest BCUT2D eigenvalue weighted by Crippen LogP contribution is 2.31. The lowest BCUT2D eigenvalue weighted by Crippen LogP contribution is -2.29. The van der Waals surface area contributed by atoms with Crippen molar-refractivity contribution in [3.63, 3.8) is 0 Å². The third-order valence-corrected chi connectivity index (χ3v) is 4.56. The van der Waals surface area contributed by atoms with Crippen molar-refractivity contribution < 1.29 is 29.0 Å². The summed E-state index contributed by atoms with van der Waals surface area (Å²) in [6.07, 6.45) is -2.48. The maximum Gasteiger partial charge on any atom is 0.427 e. The molecule has 172 valence electrons. The number of nitro benzene ring substituents is 1. The minimum absolute atomic E-state index is 0.110. The Morgan fingerprint density at radius 1 is 1.18 bits per heavy atom.